The smallest absolute Gasteiger partial charge is 0.328 e. The lowest BCUT2D eigenvalue weighted by Crippen LogP contribution is -2.42. The first kappa shape index (κ1) is 18.7. The molecule has 0 heterocycles. The summed E-state index contributed by atoms with van der Waals surface area (Å²) < 4.78 is 27.3. The molecular formula is C17H20N2O5S. The summed E-state index contributed by atoms with van der Waals surface area (Å²) in [6.45, 7) is 0. The van der Waals surface area contributed by atoms with Crippen LogP contribution in [0, 0.1) is 0 Å². The normalized spacial score (nSPS) is 12.6. The number of ether oxygens (including phenoxy) is 1. The van der Waals surface area contributed by atoms with Gasteiger partial charge in [-0.15, -0.1) is 0 Å². The van der Waals surface area contributed by atoms with E-state index in [-0.39, 0.29) is 12.2 Å². The summed E-state index contributed by atoms with van der Waals surface area (Å²) in [4.78, 5) is 24.5. The summed E-state index contributed by atoms with van der Waals surface area (Å²) in [7, 11) is -2.09. The van der Waals surface area contributed by atoms with E-state index in [1.54, 1.807) is 30.3 Å². The van der Waals surface area contributed by atoms with Crippen LogP contribution in [0.15, 0.2) is 36.4 Å². The Morgan fingerprint density at radius 1 is 1.24 bits per heavy atom. The molecule has 0 aliphatic rings. The number of hydrogen-bond acceptors (Lipinski definition) is 6. The van der Waals surface area contributed by atoms with Crippen molar-refractivity contribution in [1.82, 2.24) is 5.32 Å². The van der Waals surface area contributed by atoms with E-state index in [0.29, 0.717) is 16.6 Å². The third-order valence-corrected chi connectivity index (χ3v) is 4.69. The number of nitrogens with one attached hydrogen (secondary N) is 1. The highest BCUT2D eigenvalue weighted by atomic mass is 32.2. The maximum Gasteiger partial charge on any atom is 0.328 e. The van der Waals surface area contributed by atoms with Gasteiger partial charge in [-0.3, -0.25) is 4.79 Å². The van der Waals surface area contributed by atoms with Crippen molar-refractivity contribution in [1.29, 1.82) is 0 Å². The molecule has 1 atom stereocenters. The van der Waals surface area contributed by atoms with Gasteiger partial charge in [0.25, 0.3) is 5.91 Å². The zero-order valence-electron chi connectivity index (χ0n) is 14.0. The van der Waals surface area contributed by atoms with Crippen LogP contribution in [0.4, 0.5) is 5.69 Å². The van der Waals surface area contributed by atoms with Crippen molar-refractivity contribution in [3.63, 3.8) is 0 Å². The van der Waals surface area contributed by atoms with E-state index in [9.17, 15) is 18.0 Å². The van der Waals surface area contributed by atoms with Crippen molar-refractivity contribution in [2.45, 2.75) is 12.5 Å². The second-order valence-corrected chi connectivity index (χ2v) is 8.01. The number of fused-ring (bicyclic) bond motifs is 1. The van der Waals surface area contributed by atoms with Gasteiger partial charge in [0.1, 0.15) is 15.9 Å². The van der Waals surface area contributed by atoms with Crippen LogP contribution in [-0.4, -0.2) is 45.5 Å². The molecule has 0 aromatic heterocycles. The van der Waals surface area contributed by atoms with Crippen LogP contribution in [0.3, 0.4) is 0 Å². The fourth-order valence-corrected chi connectivity index (χ4v) is 3.12. The Labute approximate surface area is 146 Å². The molecule has 0 aliphatic carbocycles. The molecule has 2 aromatic rings. The van der Waals surface area contributed by atoms with Gasteiger partial charge in [-0.1, -0.05) is 18.2 Å². The van der Waals surface area contributed by atoms with Gasteiger partial charge in [0.15, 0.2) is 0 Å². The monoisotopic (exact) mass is 364 g/mol. The van der Waals surface area contributed by atoms with Crippen LogP contribution < -0.4 is 11.1 Å². The van der Waals surface area contributed by atoms with E-state index in [1.165, 1.54) is 7.11 Å². The fraction of sp³-hybridized carbons (Fsp3) is 0.294. The molecular weight excluding hydrogens is 344 g/mol. The van der Waals surface area contributed by atoms with Crippen molar-refractivity contribution < 1.29 is 22.7 Å². The Morgan fingerprint density at radius 2 is 1.96 bits per heavy atom. The van der Waals surface area contributed by atoms with Crippen LogP contribution in [0.25, 0.3) is 10.8 Å². The molecule has 0 fully saturated rings. The Morgan fingerprint density at radius 3 is 2.60 bits per heavy atom. The molecule has 2 aromatic carbocycles. The van der Waals surface area contributed by atoms with Gasteiger partial charge in [0.2, 0.25) is 0 Å². The van der Waals surface area contributed by atoms with Crippen LogP contribution >= 0.6 is 0 Å². The molecule has 8 heteroatoms. The van der Waals surface area contributed by atoms with Gasteiger partial charge in [0.05, 0.1) is 12.9 Å². The fourth-order valence-electron chi connectivity index (χ4n) is 2.46. The predicted octanol–water partition coefficient (Wildman–Crippen LogP) is 1.13. The van der Waals surface area contributed by atoms with E-state index in [1.807, 2.05) is 6.07 Å². The average Bonchev–Trinajstić information content (AvgIpc) is 2.56. The summed E-state index contributed by atoms with van der Waals surface area (Å²) in [6, 6.07) is 9.26. The molecule has 0 aliphatic heterocycles. The van der Waals surface area contributed by atoms with Crippen LogP contribution in [0.2, 0.25) is 0 Å². The minimum Gasteiger partial charge on any atom is -0.467 e. The summed E-state index contributed by atoms with van der Waals surface area (Å²) in [5, 5.41) is 4.03. The number of nitrogens with two attached hydrogens (primary N) is 1. The molecule has 0 radical (unpaired) electrons. The third-order valence-electron chi connectivity index (χ3n) is 3.72. The average molecular weight is 364 g/mol. The zero-order valence-corrected chi connectivity index (χ0v) is 14.8. The number of sulfone groups is 1. The van der Waals surface area contributed by atoms with E-state index >= 15 is 0 Å². The van der Waals surface area contributed by atoms with Gasteiger partial charge in [-0.05, 0) is 35.4 Å². The van der Waals surface area contributed by atoms with Crippen molar-refractivity contribution in [2.75, 3.05) is 24.9 Å². The number of nitrogen functional groups attached to an aromatic ring is 1. The molecule has 3 N–H and O–H groups in total. The Kier molecular flexibility index (Phi) is 5.63. The first-order valence-electron chi connectivity index (χ1n) is 7.56. The van der Waals surface area contributed by atoms with E-state index < -0.39 is 27.8 Å². The number of hydrogen-bond donors (Lipinski definition) is 2. The Bertz CT molecular complexity index is 908. The maximum atomic E-state index is 12.6. The third kappa shape index (κ3) is 4.93. The highest BCUT2D eigenvalue weighted by Crippen LogP contribution is 2.21. The SMILES string of the molecule is COC(=O)C(CCS(C)(=O)=O)NC(=O)c1cccc2cc(N)ccc12. The lowest BCUT2D eigenvalue weighted by Gasteiger charge is -2.17. The molecule has 0 bridgehead atoms. The van der Waals surface area contributed by atoms with Crippen LogP contribution in [0.5, 0.6) is 0 Å². The Balaban J connectivity index is 2.27. The second kappa shape index (κ2) is 7.52. The molecule has 7 nitrogen and oxygen atoms in total. The van der Waals surface area contributed by atoms with Crippen molar-refractivity contribution in [3.8, 4) is 0 Å². The standard InChI is InChI=1S/C17H20N2O5S/c1-24-17(21)15(8-9-25(2,22)23)19-16(20)14-5-3-4-11-10-12(18)6-7-13(11)14/h3-7,10,15H,8-9,18H2,1-2H3,(H,19,20). The lowest BCUT2D eigenvalue weighted by molar-refractivity contribution is -0.142. The summed E-state index contributed by atoms with van der Waals surface area (Å²) >= 11 is 0. The number of carbonyl (C=O) groups is 2. The second-order valence-electron chi connectivity index (χ2n) is 5.75. The maximum absolute atomic E-state index is 12.6. The summed E-state index contributed by atoms with van der Waals surface area (Å²) in [6.07, 6.45) is 1.01. The number of rotatable bonds is 6. The van der Waals surface area contributed by atoms with Gasteiger partial charge in [0, 0.05) is 17.5 Å². The molecule has 2 rings (SSSR count). The molecule has 1 amide bonds. The molecule has 134 valence electrons. The summed E-state index contributed by atoms with van der Waals surface area (Å²) in [5.41, 5.74) is 6.69. The topological polar surface area (TPSA) is 116 Å². The van der Waals surface area contributed by atoms with Crippen LogP contribution in [-0.2, 0) is 19.4 Å². The number of amides is 1. The lowest BCUT2D eigenvalue weighted by atomic mass is 10.0. The quantitative estimate of drug-likeness (QED) is 0.586. The molecule has 0 saturated carbocycles. The van der Waals surface area contributed by atoms with Gasteiger partial charge in [-0.25, -0.2) is 13.2 Å². The van der Waals surface area contributed by atoms with E-state index in [0.717, 1.165) is 11.6 Å². The minimum absolute atomic E-state index is 0.0606. The minimum atomic E-state index is -3.27. The number of anilines is 1. The van der Waals surface area contributed by atoms with Gasteiger partial charge < -0.3 is 15.8 Å². The number of esters is 1. The molecule has 1 unspecified atom stereocenters. The molecule has 0 spiro atoms. The van der Waals surface area contributed by atoms with E-state index in [4.69, 9.17) is 5.73 Å². The van der Waals surface area contributed by atoms with Crippen LogP contribution in [0.1, 0.15) is 16.8 Å². The molecule has 0 saturated heterocycles. The highest BCUT2D eigenvalue weighted by molar-refractivity contribution is 7.90. The van der Waals surface area contributed by atoms with Gasteiger partial charge in [-0.2, -0.15) is 0 Å². The van der Waals surface area contributed by atoms with Crippen molar-refractivity contribution in [3.05, 3.63) is 42.0 Å². The van der Waals surface area contributed by atoms with Gasteiger partial charge >= 0.3 is 5.97 Å². The van der Waals surface area contributed by atoms with Crippen molar-refractivity contribution in [2.24, 2.45) is 0 Å². The van der Waals surface area contributed by atoms with Crippen molar-refractivity contribution >= 4 is 38.2 Å². The largest absolute Gasteiger partial charge is 0.467 e. The zero-order chi connectivity index (χ0) is 18.6. The first-order chi connectivity index (χ1) is 11.7. The number of benzene rings is 2. The number of methoxy groups -OCH3 is 1. The predicted molar refractivity (Wildman–Crippen MR) is 96.0 cm³/mol. The highest BCUT2D eigenvalue weighted by Gasteiger charge is 2.24. The summed E-state index contributed by atoms with van der Waals surface area (Å²) in [5.74, 6) is -1.42. The Hall–Kier alpha value is -2.61. The van der Waals surface area contributed by atoms with E-state index in [2.05, 4.69) is 10.1 Å². The molecule has 25 heavy (non-hydrogen) atoms. The number of carbonyl (C=O) groups excluding carboxylic acids is 2. The first-order valence-corrected chi connectivity index (χ1v) is 9.62.